The molecule has 0 unspecified atom stereocenters. The molecule has 0 aromatic carbocycles. The van der Waals surface area contributed by atoms with Crippen LogP contribution in [0.4, 0.5) is 13.2 Å². The van der Waals surface area contributed by atoms with Crippen molar-refractivity contribution in [2.45, 2.75) is 6.18 Å². The molecule has 1 aromatic heterocycles. The van der Waals surface area contributed by atoms with Crippen molar-refractivity contribution < 1.29 is 13.2 Å². The van der Waals surface area contributed by atoms with Gasteiger partial charge in [0, 0.05) is 10.7 Å². The van der Waals surface area contributed by atoms with Gasteiger partial charge in [0.25, 0.3) is 0 Å². The second kappa shape index (κ2) is 3.86. The number of hydrogen-bond donors (Lipinski definition) is 1. The number of aromatic nitrogens is 1. The van der Waals surface area contributed by atoms with Gasteiger partial charge in [0.15, 0.2) is 0 Å². The summed E-state index contributed by atoms with van der Waals surface area (Å²) in [7, 11) is 0. The molecule has 0 aliphatic carbocycles. The van der Waals surface area contributed by atoms with Crippen molar-refractivity contribution in [1.82, 2.24) is 11.1 Å². The molecule has 0 bridgehead atoms. The van der Waals surface area contributed by atoms with Crippen LogP contribution in [0.25, 0.3) is 0 Å². The number of hydrogen-bond acceptors (Lipinski definition) is 2. The van der Waals surface area contributed by atoms with Gasteiger partial charge in [-0.1, -0.05) is 15.9 Å². The molecule has 68 valence electrons. The fraction of sp³-hybridized carbons (Fsp3) is 0.167. The third kappa shape index (κ3) is 2.78. The van der Waals surface area contributed by atoms with E-state index in [9.17, 15) is 13.2 Å². The molecule has 0 saturated carbocycles. The largest absolute Gasteiger partial charge is 0.433 e. The lowest BCUT2D eigenvalue weighted by atomic mass is 10.3. The molecular weight excluding hydrogens is 237 g/mol. The molecule has 12 heavy (non-hydrogen) atoms. The van der Waals surface area contributed by atoms with Crippen LogP contribution >= 0.6 is 15.9 Å². The average molecular weight is 243 g/mol. The number of alkyl halides is 3. The lowest BCUT2D eigenvalue weighted by molar-refractivity contribution is -0.141. The SMILES string of the molecule is FC(F)(F)c1cc(Br)ccn1.N. The molecule has 0 atom stereocenters. The first-order chi connectivity index (χ1) is 5.00. The predicted molar refractivity (Wildman–Crippen MR) is 42.0 cm³/mol. The lowest BCUT2D eigenvalue weighted by Crippen LogP contribution is -2.06. The summed E-state index contributed by atoms with van der Waals surface area (Å²) in [6.45, 7) is 0. The zero-order valence-electron chi connectivity index (χ0n) is 5.90. The van der Waals surface area contributed by atoms with Gasteiger partial charge in [0.05, 0.1) is 0 Å². The van der Waals surface area contributed by atoms with Crippen LogP contribution in [0.5, 0.6) is 0 Å². The van der Waals surface area contributed by atoms with E-state index in [0.29, 0.717) is 4.47 Å². The lowest BCUT2D eigenvalue weighted by Gasteiger charge is -2.03. The highest BCUT2D eigenvalue weighted by atomic mass is 79.9. The Balaban J connectivity index is 0.00000121. The van der Waals surface area contributed by atoms with E-state index in [1.54, 1.807) is 0 Å². The number of pyridine rings is 1. The third-order valence-electron chi connectivity index (χ3n) is 1.01. The van der Waals surface area contributed by atoms with E-state index >= 15 is 0 Å². The number of nitrogens with zero attached hydrogens (tertiary/aromatic N) is 1. The third-order valence-corrected chi connectivity index (χ3v) is 1.51. The first kappa shape index (κ1) is 11.4. The van der Waals surface area contributed by atoms with Gasteiger partial charge in [-0.25, -0.2) is 0 Å². The van der Waals surface area contributed by atoms with Crippen LogP contribution in [0.3, 0.4) is 0 Å². The quantitative estimate of drug-likeness (QED) is 0.761. The van der Waals surface area contributed by atoms with Crippen molar-refractivity contribution in [2.24, 2.45) is 0 Å². The summed E-state index contributed by atoms with van der Waals surface area (Å²) in [6, 6.07) is 2.37. The summed E-state index contributed by atoms with van der Waals surface area (Å²) in [6.07, 6.45) is -3.25. The Morgan fingerprint density at radius 2 is 1.92 bits per heavy atom. The summed E-state index contributed by atoms with van der Waals surface area (Å²) in [5.74, 6) is 0. The van der Waals surface area contributed by atoms with Crippen LogP contribution < -0.4 is 6.15 Å². The monoisotopic (exact) mass is 242 g/mol. The van der Waals surface area contributed by atoms with E-state index in [-0.39, 0.29) is 6.15 Å². The Morgan fingerprint density at radius 3 is 2.25 bits per heavy atom. The maximum absolute atomic E-state index is 11.9. The van der Waals surface area contributed by atoms with Gasteiger partial charge in [-0.15, -0.1) is 0 Å². The fourth-order valence-electron chi connectivity index (χ4n) is 0.560. The first-order valence-electron chi connectivity index (χ1n) is 2.69. The second-order valence-electron chi connectivity index (χ2n) is 1.86. The second-order valence-corrected chi connectivity index (χ2v) is 2.77. The molecule has 0 spiro atoms. The predicted octanol–water partition coefficient (Wildman–Crippen LogP) is 3.02. The van der Waals surface area contributed by atoms with E-state index in [4.69, 9.17) is 0 Å². The molecule has 1 aromatic rings. The van der Waals surface area contributed by atoms with Crippen LogP contribution in [-0.2, 0) is 6.18 Å². The molecule has 0 aliphatic heterocycles. The molecule has 0 saturated heterocycles. The normalized spacial score (nSPS) is 10.7. The Hall–Kier alpha value is -0.620. The highest BCUT2D eigenvalue weighted by Gasteiger charge is 2.32. The minimum atomic E-state index is -4.36. The summed E-state index contributed by atoms with van der Waals surface area (Å²) in [4.78, 5) is 3.16. The van der Waals surface area contributed by atoms with Crippen molar-refractivity contribution >= 4 is 15.9 Å². The van der Waals surface area contributed by atoms with Gasteiger partial charge in [0.2, 0.25) is 0 Å². The van der Waals surface area contributed by atoms with Gasteiger partial charge in [0.1, 0.15) is 5.69 Å². The van der Waals surface area contributed by atoms with Gasteiger partial charge in [-0.3, -0.25) is 4.98 Å². The molecule has 0 amide bonds. The van der Waals surface area contributed by atoms with E-state index in [1.807, 2.05) is 0 Å². The Labute approximate surface area is 75.5 Å². The summed E-state index contributed by atoms with van der Waals surface area (Å²) < 4.78 is 36.0. The zero-order valence-corrected chi connectivity index (χ0v) is 7.48. The van der Waals surface area contributed by atoms with Crippen molar-refractivity contribution in [3.63, 3.8) is 0 Å². The van der Waals surface area contributed by atoms with Gasteiger partial charge in [-0.2, -0.15) is 13.2 Å². The topological polar surface area (TPSA) is 47.9 Å². The average Bonchev–Trinajstić information content (AvgIpc) is 1.86. The van der Waals surface area contributed by atoms with E-state index in [1.165, 1.54) is 6.07 Å². The molecule has 0 fully saturated rings. The summed E-state index contributed by atoms with van der Waals surface area (Å²) in [5.41, 5.74) is -0.883. The number of rotatable bonds is 0. The Morgan fingerprint density at radius 1 is 1.33 bits per heavy atom. The van der Waals surface area contributed by atoms with Crippen LogP contribution in [-0.4, -0.2) is 4.98 Å². The fourth-order valence-corrected chi connectivity index (χ4v) is 0.895. The highest BCUT2D eigenvalue weighted by molar-refractivity contribution is 9.10. The molecule has 1 rings (SSSR count). The van der Waals surface area contributed by atoms with Crippen LogP contribution in [0.2, 0.25) is 0 Å². The molecule has 2 nitrogen and oxygen atoms in total. The van der Waals surface area contributed by atoms with Crippen molar-refractivity contribution in [1.29, 1.82) is 0 Å². The van der Waals surface area contributed by atoms with Crippen molar-refractivity contribution in [2.75, 3.05) is 0 Å². The molecule has 0 aliphatic rings. The standard InChI is InChI=1S/C6H3BrF3N.H3N/c7-4-1-2-11-5(3-4)6(8,9)10;/h1-3H;1H3. The Bertz CT molecular complexity index is 261. The van der Waals surface area contributed by atoms with E-state index in [0.717, 1.165) is 12.3 Å². The molecule has 6 heteroatoms. The Kier molecular flexibility index (Phi) is 3.66. The zero-order chi connectivity index (χ0) is 8.48. The first-order valence-corrected chi connectivity index (χ1v) is 3.48. The summed E-state index contributed by atoms with van der Waals surface area (Å²) >= 11 is 2.91. The maximum atomic E-state index is 11.9. The van der Waals surface area contributed by atoms with Crippen molar-refractivity contribution in [3.05, 3.63) is 28.5 Å². The number of halogens is 4. The van der Waals surface area contributed by atoms with Gasteiger partial charge >= 0.3 is 6.18 Å². The van der Waals surface area contributed by atoms with E-state index in [2.05, 4.69) is 20.9 Å². The molecule has 0 radical (unpaired) electrons. The highest BCUT2D eigenvalue weighted by Crippen LogP contribution is 2.28. The smallest absolute Gasteiger partial charge is 0.344 e. The van der Waals surface area contributed by atoms with Gasteiger partial charge < -0.3 is 6.15 Å². The van der Waals surface area contributed by atoms with Gasteiger partial charge in [-0.05, 0) is 12.1 Å². The molecular formula is C6H6BrF3N2. The minimum absolute atomic E-state index is 0. The molecule has 1 heterocycles. The van der Waals surface area contributed by atoms with E-state index < -0.39 is 11.9 Å². The minimum Gasteiger partial charge on any atom is -0.344 e. The van der Waals surface area contributed by atoms with Crippen LogP contribution in [0.1, 0.15) is 5.69 Å². The van der Waals surface area contributed by atoms with Crippen LogP contribution in [0.15, 0.2) is 22.8 Å². The van der Waals surface area contributed by atoms with Crippen LogP contribution in [0, 0.1) is 0 Å². The summed E-state index contributed by atoms with van der Waals surface area (Å²) in [5, 5.41) is 0. The van der Waals surface area contributed by atoms with Crippen molar-refractivity contribution in [3.8, 4) is 0 Å². The molecule has 3 N–H and O–H groups in total. The maximum Gasteiger partial charge on any atom is 0.433 e.